The van der Waals surface area contributed by atoms with Gasteiger partial charge < -0.3 is 19.1 Å². The van der Waals surface area contributed by atoms with Crippen molar-refractivity contribution >= 4 is 5.91 Å². The zero-order valence-electron chi connectivity index (χ0n) is 14.2. The molecule has 0 N–H and O–H groups in total. The van der Waals surface area contributed by atoms with E-state index >= 15 is 0 Å². The van der Waals surface area contributed by atoms with Crippen molar-refractivity contribution in [1.29, 1.82) is 0 Å². The highest BCUT2D eigenvalue weighted by Gasteiger charge is 2.29. The van der Waals surface area contributed by atoms with Crippen LogP contribution in [-0.4, -0.2) is 58.7 Å². The fraction of sp³-hybridized carbons (Fsp3) is 0.412. The molecule has 0 aliphatic carbocycles. The van der Waals surface area contributed by atoms with Gasteiger partial charge in [0.15, 0.2) is 0 Å². The quantitative estimate of drug-likeness (QED) is 0.786. The van der Waals surface area contributed by atoms with Crippen LogP contribution in [0.2, 0.25) is 0 Å². The number of nitrogens with zero attached hydrogens (tertiary/aromatic N) is 4. The van der Waals surface area contributed by atoms with E-state index in [-0.39, 0.29) is 12.0 Å². The van der Waals surface area contributed by atoms with Gasteiger partial charge in [-0.25, -0.2) is 15.0 Å². The predicted octanol–water partition coefficient (Wildman–Crippen LogP) is 1.57. The molecule has 1 aliphatic rings. The second-order valence-corrected chi connectivity index (χ2v) is 5.47. The van der Waals surface area contributed by atoms with Gasteiger partial charge in [0.05, 0.1) is 25.8 Å². The molecule has 1 amide bonds. The molecule has 2 aromatic heterocycles. The van der Waals surface area contributed by atoms with Crippen molar-refractivity contribution in [2.24, 2.45) is 0 Å². The van der Waals surface area contributed by atoms with Gasteiger partial charge in [0.1, 0.15) is 6.10 Å². The Balaban J connectivity index is 1.61. The average molecular weight is 344 g/mol. The van der Waals surface area contributed by atoms with Crippen molar-refractivity contribution in [1.82, 2.24) is 19.9 Å². The fourth-order valence-electron chi connectivity index (χ4n) is 2.62. The Morgan fingerprint density at radius 2 is 2.04 bits per heavy atom. The number of pyridine rings is 1. The molecule has 132 valence electrons. The Morgan fingerprint density at radius 3 is 2.72 bits per heavy atom. The smallest absolute Gasteiger partial charge is 0.278 e. The summed E-state index contributed by atoms with van der Waals surface area (Å²) in [5.41, 5.74) is 0.529. The lowest BCUT2D eigenvalue weighted by molar-refractivity contribution is 0.0769. The van der Waals surface area contributed by atoms with E-state index < -0.39 is 0 Å². The number of carbonyl (C=O) groups excluding carboxylic acids is 1. The minimum atomic E-state index is -0.148. The van der Waals surface area contributed by atoms with Crippen molar-refractivity contribution in [2.45, 2.75) is 19.4 Å². The number of ether oxygens (including phenoxy) is 3. The van der Waals surface area contributed by atoms with Gasteiger partial charge in [-0.3, -0.25) is 4.79 Å². The van der Waals surface area contributed by atoms with E-state index in [1.165, 1.54) is 19.5 Å². The van der Waals surface area contributed by atoms with E-state index in [1.807, 2.05) is 6.92 Å². The number of amides is 1. The van der Waals surface area contributed by atoms with Crippen LogP contribution in [0.5, 0.6) is 17.6 Å². The Bertz CT molecular complexity index is 723. The molecule has 0 radical (unpaired) electrons. The first-order chi connectivity index (χ1) is 12.2. The van der Waals surface area contributed by atoms with Gasteiger partial charge >= 0.3 is 0 Å². The van der Waals surface area contributed by atoms with Gasteiger partial charge in [0.2, 0.25) is 5.88 Å². The Morgan fingerprint density at radius 1 is 1.24 bits per heavy atom. The van der Waals surface area contributed by atoms with E-state index in [1.54, 1.807) is 23.2 Å². The number of methoxy groups -OCH3 is 1. The van der Waals surface area contributed by atoms with Gasteiger partial charge in [-0.1, -0.05) is 0 Å². The maximum Gasteiger partial charge on any atom is 0.278 e. The number of hydrogen-bond acceptors (Lipinski definition) is 7. The molecular formula is C17H20N4O4. The molecule has 1 aliphatic heterocycles. The highest BCUT2D eigenvalue weighted by molar-refractivity contribution is 5.94. The molecule has 25 heavy (non-hydrogen) atoms. The molecule has 8 heteroatoms. The van der Waals surface area contributed by atoms with Gasteiger partial charge in [-0.05, 0) is 13.0 Å². The molecule has 0 bridgehead atoms. The molecular weight excluding hydrogens is 324 g/mol. The Hall–Kier alpha value is -2.90. The summed E-state index contributed by atoms with van der Waals surface area (Å²) in [6.45, 7) is 3.51. The summed E-state index contributed by atoms with van der Waals surface area (Å²) in [6.07, 6.45) is 5.18. The third-order valence-electron chi connectivity index (χ3n) is 3.81. The molecule has 1 saturated heterocycles. The summed E-state index contributed by atoms with van der Waals surface area (Å²) >= 11 is 0. The summed E-state index contributed by atoms with van der Waals surface area (Å²) in [6, 6.07) is 3.42. The van der Waals surface area contributed by atoms with Gasteiger partial charge in [0.25, 0.3) is 17.7 Å². The predicted molar refractivity (Wildman–Crippen MR) is 88.9 cm³/mol. The normalized spacial score (nSPS) is 16.6. The maximum atomic E-state index is 12.6. The standard InChI is InChI=1S/C17H20N4O4/c1-3-24-14-5-4-12(10-20-14)17(22)21-9-6-13(11-21)25-16-15(23-2)18-7-8-19-16/h4-5,7-8,10,13H,3,6,9,11H2,1-2H3. The van der Waals surface area contributed by atoms with Crippen LogP contribution in [0.15, 0.2) is 30.7 Å². The molecule has 2 aromatic rings. The number of rotatable bonds is 6. The Kier molecular flexibility index (Phi) is 5.27. The molecule has 0 saturated carbocycles. The molecule has 0 spiro atoms. The number of carbonyl (C=O) groups is 1. The summed E-state index contributed by atoms with van der Waals surface area (Å²) < 4.78 is 16.3. The second kappa shape index (κ2) is 7.78. The lowest BCUT2D eigenvalue weighted by Gasteiger charge is -2.17. The molecule has 3 rings (SSSR count). The molecule has 1 unspecified atom stereocenters. The van der Waals surface area contributed by atoms with Crippen molar-refractivity contribution in [2.75, 3.05) is 26.8 Å². The largest absolute Gasteiger partial charge is 0.478 e. The molecule has 8 nitrogen and oxygen atoms in total. The van der Waals surface area contributed by atoms with Crippen LogP contribution in [-0.2, 0) is 0 Å². The van der Waals surface area contributed by atoms with E-state index in [4.69, 9.17) is 14.2 Å². The van der Waals surface area contributed by atoms with Crippen molar-refractivity contribution in [3.05, 3.63) is 36.3 Å². The van der Waals surface area contributed by atoms with E-state index in [9.17, 15) is 4.79 Å². The zero-order valence-corrected chi connectivity index (χ0v) is 14.2. The summed E-state index contributed by atoms with van der Waals surface area (Å²) in [5.74, 6) is 1.11. The zero-order chi connectivity index (χ0) is 17.6. The lowest BCUT2D eigenvalue weighted by Crippen LogP contribution is -2.31. The van der Waals surface area contributed by atoms with Gasteiger partial charge in [-0.2, -0.15) is 0 Å². The topological polar surface area (TPSA) is 86.7 Å². The molecule has 3 heterocycles. The van der Waals surface area contributed by atoms with E-state index in [0.717, 1.165) is 6.42 Å². The van der Waals surface area contributed by atoms with Gasteiger partial charge in [-0.15, -0.1) is 0 Å². The third kappa shape index (κ3) is 3.96. The average Bonchev–Trinajstić information content (AvgIpc) is 3.11. The lowest BCUT2D eigenvalue weighted by atomic mass is 10.2. The number of aromatic nitrogens is 3. The highest BCUT2D eigenvalue weighted by atomic mass is 16.5. The minimum absolute atomic E-state index is 0.0761. The fourth-order valence-corrected chi connectivity index (χ4v) is 2.62. The maximum absolute atomic E-state index is 12.6. The van der Waals surface area contributed by atoms with Crippen molar-refractivity contribution in [3.8, 4) is 17.6 Å². The van der Waals surface area contributed by atoms with Crippen LogP contribution >= 0.6 is 0 Å². The van der Waals surface area contributed by atoms with Gasteiger partial charge in [0, 0.05) is 37.6 Å². The first-order valence-corrected chi connectivity index (χ1v) is 8.11. The third-order valence-corrected chi connectivity index (χ3v) is 3.81. The van der Waals surface area contributed by atoms with Crippen LogP contribution in [0.3, 0.4) is 0 Å². The number of likely N-dealkylation sites (tertiary alicyclic amines) is 1. The van der Waals surface area contributed by atoms with E-state index in [2.05, 4.69) is 15.0 Å². The molecule has 1 fully saturated rings. The van der Waals surface area contributed by atoms with Crippen LogP contribution in [0.1, 0.15) is 23.7 Å². The summed E-state index contributed by atoms with van der Waals surface area (Å²) in [5, 5.41) is 0. The van der Waals surface area contributed by atoms with Crippen LogP contribution < -0.4 is 14.2 Å². The first kappa shape index (κ1) is 16.9. The molecule has 1 atom stereocenters. The SMILES string of the molecule is CCOc1ccc(C(=O)N2CCC(Oc3nccnc3OC)C2)cn1. The van der Waals surface area contributed by atoms with Crippen molar-refractivity contribution < 1.29 is 19.0 Å². The summed E-state index contributed by atoms with van der Waals surface area (Å²) in [7, 11) is 1.51. The summed E-state index contributed by atoms with van der Waals surface area (Å²) in [4.78, 5) is 26.6. The second-order valence-electron chi connectivity index (χ2n) is 5.47. The van der Waals surface area contributed by atoms with Crippen molar-refractivity contribution in [3.63, 3.8) is 0 Å². The molecule has 0 aromatic carbocycles. The van der Waals surface area contributed by atoms with E-state index in [0.29, 0.717) is 42.9 Å². The van der Waals surface area contributed by atoms with Crippen LogP contribution in [0.4, 0.5) is 0 Å². The Labute approximate surface area is 145 Å². The monoisotopic (exact) mass is 344 g/mol. The highest BCUT2D eigenvalue weighted by Crippen LogP contribution is 2.24. The first-order valence-electron chi connectivity index (χ1n) is 8.11. The van der Waals surface area contributed by atoms with Crippen LogP contribution in [0, 0.1) is 0 Å². The minimum Gasteiger partial charge on any atom is -0.478 e. The number of hydrogen-bond donors (Lipinski definition) is 0. The van der Waals surface area contributed by atoms with Crippen LogP contribution in [0.25, 0.3) is 0 Å².